The highest BCUT2D eigenvalue weighted by atomic mass is 35.5. The van der Waals surface area contributed by atoms with Gasteiger partial charge in [-0.15, -0.1) is 10.2 Å². The Morgan fingerprint density at radius 1 is 1.16 bits per heavy atom. The third kappa shape index (κ3) is 3.63. The minimum absolute atomic E-state index is 0.0737. The normalized spacial score (nSPS) is 10.9. The lowest BCUT2D eigenvalue weighted by Gasteiger charge is -2.06. The van der Waals surface area contributed by atoms with Gasteiger partial charge in [-0.25, -0.2) is 0 Å². The summed E-state index contributed by atoms with van der Waals surface area (Å²) < 4.78 is 1.75. The molecule has 0 atom stereocenters. The molecule has 6 nitrogen and oxygen atoms in total. The van der Waals surface area contributed by atoms with Gasteiger partial charge in [0, 0.05) is 23.7 Å². The average molecular weight is 395 g/mol. The van der Waals surface area contributed by atoms with Gasteiger partial charge in [0.2, 0.25) is 0 Å². The average Bonchev–Trinajstić information content (AvgIpc) is 2.90. The summed E-state index contributed by atoms with van der Waals surface area (Å²) in [6.07, 6.45) is 0. The molecule has 1 aromatic heterocycles. The number of aromatic nitrogens is 3. The van der Waals surface area contributed by atoms with Crippen LogP contribution >= 0.6 is 35.0 Å². The van der Waals surface area contributed by atoms with Crippen LogP contribution in [-0.2, 0) is 7.05 Å². The smallest absolute Gasteiger partial charge is 0.284 e. The molecule has 0 bridgehead atoms. The summed E-state index contributed by atoms with van der Waals surface area (Å²) >= 11 is 13.3. The zero-order chi connectivity index (χ0) is 18.1. The van der Waals surface area contributed by atoms with Crippen molar-refractivity contribution in [1.29, 1.82) is 0 Å². The van der Waals surface area contributed by atoms with Crippen molar-refractivity contribution in [1.82, 2.24) is 14.8 Å². The van der Waals surface area contributed by atoms with Gasteiger partial charge >= 0.3 is 0 Å². The number of nitrogens with zero attached hydrogens (tertiary/aromatic N) is 4. The Morgan fingerprint density at radius 2 is 1.92 bits per heavy atom. The molecule has 0 spiro atoms. The van der Waals surface area contributed by atoms with Gasteiger partial charge in [0.25, 0.3) is 5.69 Å². The fraction of sp³-hybridized carbons (Fsp3) is 0.125. The molecule has 25 heavy (non-hydrogen) atoms. The summed E-state index contributed by atoms with van der Waals surface area (Å²) in [5, 5.41) is 20.9. The van der Waals surface area contributed by atoms with Gasteiger partial charge in [0.15, 0.2) is 11.0 Å². The quantitative estimate of drug-likeness (QED) is 0.451. The highest BCUT2D eigenvalue weighted by molar-refractivity contribution is 7.99. The number of rotatable bonds is 4. The molecule has 0 saturated heterocycles. The van der Waals surface area contributed by atoms with E-state index in [1.807, 2.05) is 25.1 Å². The molecule has 3 aromatic rings. The first-order valence-electron chi connectivity index (χ1n) is 7.14. The van der Waals surface area contributed by atoms with Crippen LogP contribution < -0.4 is 0 Å². The maximum Gasteiger partial charge on any atom is 0.284 e. The summed E-state index contributed by atoms with van der Waals surface area (Å²) in [4.78, 5) is 11.2. The molecular formula is C16H12Cl2N4O2S. The van der Waals surface area contributed by atoms with Crippen molar-refractivity contribution in [2.24, 2.45) is 7.05 Å². The van der Waals surface area contributed by atoms with Crippen molar-refractivity contribution in [2.75, 3.05) is 0 Å². The fourth-order valence-electron chi connectivity index (χ4n) is 2.26. The number of halogens is 2. The summed E-state index contributed by atoms with van der Waals surface area (Å²) in [6, 6.07) is 10.2. The van der Waals surface area contributed by atoms with E-state index in [0.29, 0.717) is 25.9 Å². The van der Waals surface area contributed by atoms with Crippen LogP contribution in [0.25, 0.3) is 11.4 Å². The topological polar surface area (TPSA) is 73.8 Å². The Kier molecular flexibility index (Phi) is 4.99. The summed E-state index contributed by atoms with van der Waals surface area (Å²) in [5.74, 6) is 0.587. The van der Waals surface area contributed by atoms with E-state index in [2.05, 4.69) is 10.2 Å². The summed E-state index contributed by atoms with van der Waals surface area (Å²) in [5.41, 5.74) is 1.72. The second-order valence-corrected chi connectivity index (χ2v) is 7.17. The zero-order valence-electron chi connectivity index (χ0n) is 13.2. The molecule has 0 fully saturated rings. The molecule has 0 radical (unpaired) electrons. The van der Waals surface area contributed by atoms with Crippen molar-refractivity contribution in [3.8, 4) is 11.4 Å². The third-order valence-corrected chi connectivity index (χ3v) is 5.17. The van der Waals surface area contributed by atoms with Crippen LogP contribution in [-0.4, -0.2) is 19.7 Å². The lowest BCUT2D eigenvalue weighted by Crippen LogP contribution is -1.96. The van der Waals surface area contributed by atoms with E-state index in [1.54, 1.807) is 23.7 Å². The predicted octanol–water partition coefficient (Wildman–Crippen LogP) is 5.16. The van der Waals surface area contributed by atoms with Gasteiger partial charge in [-0.2, -0.15) is 0 Å². The molecule has 0 unspecified atom stereocenters. The van der Waals surface area contributed by atoms with E-state index >= 15 is 0 Å². The number of aryl methyl sites for hydroxylation is 1. The van der Waals surface area contributed by atoms with Crippen molar-refractivity contribution in [2.45, 2.75) is 17.0 Å². The maximum absolute atomic E-state index is 11.2. The summed E-state index contributed by atoms with van der Waals surface area (Å²) in [7, 11) is 1.79. The first kappa shape index (κ1) is 17.7. The second kappa shape index (κ2) is 7.03. The van der Waals surface area contributed by atoms with E-state index in [0.717, 1.165) is 22.9 Å². The molecule has 0 aliphatic rings. The predicted molar refractivity (Wildman–Crippen MR) is 98.4 cm³/mol. The Morgan fingerprint density at radius 3 is 2.60 bits per heavy atom. The molecule has 128 valence electrons. The molecule has 0 aliphatic carbocycles. The molecule has 1 heterocycles. The third-order valence-electron chi connectivity index (χ3n) is 3.52. The van der Waals surface area contributed by atoms with Crippen LogP contribution in [0.1, 0.15) is 5.56 Å². The number of nitro groups is 1. The Hall–Kier alpha value is -2.09. The zero-order valence-corrected chi connectivity index (χ0v) is 15.6. The second-order valence-electron chi connectivity index (χ2n) is 5.32. The van der Waals surface area contributed by atoms with E-state index in [1.165, 1.54) is 6.07 Å². The highest BCUT2D eigenvalue weighted by Crippen LogP contribution is 2.37. The van der Waals surface area contributed by atoms with E-state index < -0.39 is 4.92 Å². The van der Waals surface area contributed by atoms with Crippen molar-refractivity contribution in [3.05, 3.63) is 62.1 Å². The van der Waals surface area contributed by atoms with E-state index in [-0.39, 0.29) is 5.69 Å². The molecule has 9 heteroatoms. The lowest BCUT2D eigenvalue weighted by atomic mass is 10.1. The monoisotopic (exact) mass is 394 g/mol. The van der Waals surface area contributed by atoms with Gasteiger partial charge in [-0.3, -0.25) is 10.1 Å². The van der Waals surface area contributed by atoms with Crippen LogP contribution in [0.15, 0.2) is 46.5 Å². The lowest BCUT2D eigenvalue weighted by molar-refractivity contribution is -0.387. The number of hydrogen-bond donors (Lipinski definition) is 0. The van der Waals surface area contributed by atoms with Crippen LogP contribution in [0.4, 0.5) is 5.69 Å². The number of nitro benzene ring substituents is 1. The molecule has 0 aliphatic heterocycles. The fourth-order valence-corrected chi connectivity index (χ4v) is 3.62. The Labute approximate surface area is 157 Å². The van der Waals surface area contributed by atoms with Crippen molar-refractivity contribution in [3.63, 3.8) is 0 Å². The van der Waals surface area contributed by atoms with Gasteiger partial charge in [0.1, 0.15) is 0 Å². The molecule has 0 saturated carbocycles. The first-order chi connectivity index (χ1) is 11.9. The Bertz CT molecular complexity index is 975. The molecule has 0 N–H and O–H groups in total. The van der Waals surface area contributed by atoms with Gasteiger partial charge in [-0.05, 0) is 48.5 Å². The van der Waals surface area contributed by atoms with Gasteiger partial charge < -0.3 is 4.57 Å². The number of benzene rings is 2. The SMILES string of the molecule is Cc1ccc(-c2nnc(Sc3ccc(Cl)cc3[N+](=O)[O-])n2C)c(Cl)c1. The maximum atomic E-state index is 11.2. The van der Waals surface area contributed by atoms with E-state index in [4.69, 9.17) is 23.2 Å². The van der Waals surface area contributed by atoms with Crippen molar-refractivity contribution < 1.29 is 4.92 Å². The largest absolute Gasteiger partial charge is 0.305 e. The van der Waals surface area contributed by atoms with Crippen molar-refractivity contribution >= 4 is 40.7 Å². The first-order valence-corrected chi connectivity index (χ1v) is 8.72. The molecular weight excluding hydrogens is 383 g/mol. The summed E-state index contributed by atoms with van der Waals surface area (Å²) in [6.45, 7) is 1.95. The highest BCUT2D eigenvalue weighted by Gasteiger charge is 2.20. The number of hydrogen-bond acceptors (Lipinski definition) is 5. The minimum Gasteiger partial charge on any atom is -0.305 e. The van der Waals surface area contributed by atoms with Gasteiger partial charge in [0.05, 0.1) is 14.8 Å². The van der Waals surface area contributed by atoms with Crippen LogP contribution in [0.2, 0.25) is 10.0 Å². The van der Waals surface area contributed by atoms with Gasteiger partial charge in [-0.1, -0.05) is 29.3 Å². The van der Waals surface area contributed by atoms with Crippen LogP contribution in [0.3, 0.4) is 0 Å². The standard InChI is InChI=1S/C16H12Cl2N4O2S/c1-9-3-5-11(12(18)7-9)15-19-20-16(21(15)2)25-14-6-4-10(17)8-13(14)22(23)24/h3-8H,1-2H3. The molecule has 3 rings (SSSR count). The Balaban J connectivity index is 1.99. The van der Waals surface area contributed by atoms with E-state index in [9.17, 15) is 10.1 Å². The molecule has 0 amide bonds. The van der Waals surface area contributed by atoms with Crippen LogP contribution in [0.5, 0.6) is 0 Å². The van der Waals surface area contributed by atoms with Crippen LogP contribution in [0, 0.1) is 17.0 Å². The minimum atomic E-state index is -0.470. The molecule has 2 aromatic carbocycles.